The minimum atomic E-state index is -0.0119. The zero-order valence-electron chi connectivity index (χ0n) is 14.4. The Labute approximate surface area is 171 Å². The Morgan fingerprint density at radius 2 is 1.74 bits per heavy atom. The van der Waals surface area contributed by atoms with Crippen LogP contribution in [0.2, 0.25) is 5.02 Å². The number of quaternary nitrogens is 1. The molecule has 4 N–H and O–H groups in total. The summed E-state index contributed by atoms with van der Waals surface area (Å²) in [6.45, 7) is 0. The number of nitrogens with one attached hydrogen (secondary N) is 1. The molecule has 2 unspecified atom stereocenters. The summed E-state index contributed by atoms with van der Waals surface area (Å²) < 4.78 is 1.04. The fourth-order valence-electron chi connectivity index (χ4n) is 3.37. The molecular weight excluding hydrogens is 424 g/mol. The first-order valence-electron chi connectivity index (χ1n) is 8.73. The van der Waals surface area contributed by atoms with Gasteiger partial charge in [-0.3, -0.25) is 0 Å². The highest BCUT2D eigenvalue weighted by atomic mass is 79.9. The zero-order chi connectivity index (χ0) is 18.8. The highest BCUT2D eigenvalue weighted by Crippen LogP contribution is 2.29. The Morgan fingerprint density at radius 1 is 0.963 bits per heavy atom. The van der Waals surface area contributed by atoms with Crippen LogP contribution in [0, 0.1) is 0 Å². The third-order valence-corrected chi connectivity index (χ3v) is 5.46. The minimum absolute atomic E-state index is 0.0119. The Kier molecular flexibility index (Phi) is 5.21. The van der Waals surface area contributed by atoms with Crippen molar-refractivity contribution < 1.29 is 10.4 Å². The van der Waals surface area contributed by atoms with E-state index < -0.39 is 0 Å². The molecule has 3 aromatic carbocycles. The molecule has 0 bridgehead atoms. The highest BCUT2D eigenvalue weighted by Gasteiger charge is 2.29. The van der Waals surface area contributed by atoms with Crippen molar-refractivity contribution >= 4 is 33.2 Å². The van der Waals surface area contributed by atoms with Crippen LogP contribution in [-0.4, -0.2) is 5.11 Å². The molecule has 1 aliphatic rings. The van der Waals surface area contributed by atoms with Crippen molar-refractivity contribution in [1.82, 2.24) is 5.32 Å². The van der Waals surface area contributed by atoms with E-state index in [4.69, 9.17) is 11.6 Å². The normalized spacial score (nSPS) is 19.3. The zero-order valence-corrected chi connectivity index (χ0v) is 16.8. The lowest BCUT2D eigenvalue weighted by atomic mass is 9.98. The van der Waals surface area contributed by atoms with Gasteiger partial charge in [0.25, 0.3) is 0 Å². The van der Waals surface area contributed by atoms with Gasteiger partial charge in [-0.1, -0.05) is 63.9 Å². The van der Waals surface area contributed by atoms with Crippen molar-refractivity contribution in [1.29, 1.82) is 0 Å². The van der Waals surface area contributed by atoms with Crippen LogP contribution in [0.3, 0.4) is 0 Å². The summed E-state index contributed by atoms with van der Waals surface area (Å²) >= 11 is 9.61. The molecule has 3 nitrogen and oxygen atoms in total. The second-order valence-electron chi connectivity index (χ2n) is 6.54. The van der Waals surface area contributed by atoms with Crippen molar-refractivity contribution in [3.63, 3.8) is 0 Å². The maximum absolute atomic E-state index is 10.4. The van der Waals surface area contributed by atoms with Crippen LogP contribution in [0.25, 0.3) is 5.70 Å². The number of benzene rings is 3. The molecule has 0 spiro atoms. The molecule has 4 rings (SSSR count). The molecule has 0 fully saturated rings. The Bertz CT molecular complexity index is 988. The topological polar surface area (TPSA) is 48.9 Å². The smallest absolute Gasteiger partial charge is 0.186 e. The van der Waals surface area contributed by atoms with E-state index in [1.54, 1.807) is 6.07 Å². The molecule has 1 aliphatic heterocycles. The van der Waals surface area contributed by atoms with Crippen molar-refractivity contribution in [2.45, 2.75) is 12.2 Å². The Hall–Kier alpha value is -2.27. The molecule has 136 valence electrons. The molecule has 5 heteroatoms. The van der Waals surface area contributed by atoms with Crippen LogP contribution < -0.4 is 10.6 Å². The molecule has 2 atom stereocenters. The number of para-hydroxylation sites is 1. The van der Waals surface area contributed by atoms with Crippen molar-refractivity contribution in [3.8, 4) is 5.75 Å². The van der Waals surface area contributed by atoms with Crippen LogP contribution in [0.15, 0.2) is 83.3 Å². The second-order valence-corrected chi connectivity index (χ2v) is 7.89. The van der Waals surface area contributed by atoms with Crippen molar-refractivity contribution in [2.24, 2.45) is 0 Å². The number of rotatable bonds is 3. The molecule has 0 saturated heterocycles. The molecule has 27 heavy (non-hydrogen) atoms. The van der Waals surface area contributed by atoms with E-state index in [-0.39, 0.29) is 12.2 Å². The van der Waals surface area contributed by atoms with Gasteiger partial charge in [0.1, 0.15) is 11.8 Å². The lowest BCUT2D eigenvalue weighted by molar-refractivity contribution is -0.731. The van der Waals surface area contributed by atoms with Crippen LogP contribution in [0.1, 0.15) is 28.9 Å². The molecule has 0 aromatic heterocycles. The average Bonchev–Trinajstić information content (AvgIpc) is 2.68. The first-order valence-corrected chi connectivity index (χ1v) is 9.90. The van der Waals surface area contributed by atoms with E-state index >= 15 is 0 Å². The number of hydrogen-bond donors (Lipinski definition) is 3. The van der Waals surface area contributed by atoms with E-state index in [2.05, 4.69) is 44.8 Å². The monoisotopic (exact) mass is 441 g/mol. The molecule has 1 heterocycles. The number of phenolic OH excluding ortho intramolecular Hbond substituents is 1. The maximum Gasteiger partial charge on any atom is 0.186 e. The number of hydrogen-bond acceptors (Lipinski definition) is 2. The SMILES string of the molecule is Oc1ccccc1C1C=C(c2ccc(Cl)cc2)NC(c2cccc(Br)c2)[NH2+]1. The predicted molar refractivity (Wildman–Crippen MR) is 112 cm³/mol. The summed E-state index contributed by atoms with van der Waals surface area (Å²) in [5.74, 6) is 0.306. The third kappa shape index (κ3) is 4.03. The average molecular weight is 443 g/mol. The quantitative estimate of drug-likeness (QED) is 0.548. The number of phenols is 1. The van der Waals surface area contributed by atoms with E-state index in [1.165, 1.54) is 0 Å². The fraction of sp³-hybridized carbons (Fsp3) is 0.0909. The summed E-state index contributed by atoms with van der Waals surface area (Å²) in [6, 6.07) is 23.5. The van der Waals surface area contributed by atoms with Gasteiger partial charge >= 0.3 is 0 Å². The molecule has 0 radical (unpaired) electrons. The van der Waals surface area contributed by atoms with Gasteiger partial charge < -0.3 is 15.7 Å². The molecular formula is C22H19BrClN2O+. The molecule has 0 saturated carbocycles. The first kappa shape index (κ1) is 18.1. The lowest BCUT2D eigenvalue weighted by Crippen LogP contribution is -2.89. The number of halogens is 2. The van der Waals surface area contributed by atoms with Crippen LogP contribution in [0.4, 0.5) is 0 Å². The fourth-order valence-corrected chi connectivity index (χ4v) is 3.92. The van der Waals surface area contributed by atoms with E-state index in [9.17, 15) is 5.11 Å². The summed E-state index contributed by atoms with van der Waals surface area (Å²) in [7, 11) is 0. The lowest BCUT2D eigenvalue weighted by Gasteiger charge is -2.30. The molecule has 0 amide bonds. The van der Waals surface area contributed by atoms with E-state index in [1.807, 2.05) is 54.6 Å². The predicted octanol–water partition coefficient (Wildman–Crippen LogP) is 4.76. The summed E-state index contributed by atoms with van der Waals surface area (Å²) in [5, 5.41) is 16.9. The maximum atomic E-state index is 10.4. The summed E-state index contributed by atoms with van der Waals surface area (Å²) in [5.41, 5.74) is 4.13. The van der Waals surface area contributed by atoms with Gasteiger partial charge in [-0.15, -0.1) is 0 Å². The number of nitrogens with two attached hydrogens (primary N) is 1. The van der Waals surface area contributed by atoms with Crippen molar-refractivity contribution in [3.05, 3.63) is 105 Å². The first-order chi connectivity index (χ1) is 13.1. The Morgan fingerprint density at radius 3 is 2.48 bits per heavy atom. The summed E-state index contributed by atoms with van der Waals surface area (Å²) in [4.78, 5) is 0. The van der Waals surface area contributed by atoms with Gasteiger partial charge in [-0.25, -0.2) is 0 Å². The van der Waals surface area contributed by atoms with Crippen LogP contribution >= 0.6 is 27.5 Å². The summed E-state index contributed by atoms with van der Waals surface area (Å²) in [6.07, 6.45) is 2.16. The van der Waals surface area contributed by atoms with Gasteiger partial charge in [0, 0.05) is 26.8 Å². The Balaban J connectivity index is 1.76. The standard InChI is InChI=1S/C22H18BrClN2O/c23-16-5-3-4-15(12-16)22-25-19(14-8-10-17(24)11-9-14)13-20(26-22)18-6-1-2-7-21(18)27/h1-13,20,22,25-27H/p+1. The van der Waals surface area contributed by atoms with Crippen LogP contribution in [-0.2, 0) is 0 Å². The van der Waals surface area contributed by atoms with Gasteiger partial charge in [-0.05, 0) is 42.0 Å². The van der Waals surface area contributed by atoms with Gasteiger partial charge in [0.2, 0.25) is 0 Å². The molecule has 3 aromatic rings. The minimum Gasteiger partial charge on any atom is -0.507 e. The van der Waals surface area contributed by atoms with Gasteiger partial charge in [0.05, 0.1) is 5.56 Å². The van der Waals surface area contributed by atoms with Gasteiger partial charge in [0.15, 0.2) is 6.17 Å². The second kappa shape index (κ2) is 7.77. The van der Waals surface area contributed by atoms with Crippen LogP contribution in [0.5, 0.6) is 5.75 Å². The highest BCUT2D eigenvalue weighted by molar-refractivity contribution is 9.10. The van der Waals surface area contributed by atoms with E-state index in [0.717, 1.165) is 26.9 Å². The molecule has 0 aliphatic carbocycles. The van der Waals surface area contributed by atoms with E-state index in [0.29, 0.717) is 10.8 Å². The third-order valence-electron chi connectivity index (χ3n) is 4.72. The number of aromatic hydroxyl groups is 1. The largest absolute Gasteiger partial charge is 0.507 e. The van der Waals surface area contributed by atoms with Gasteiger partial charge in [-0.2, -0.15) is 0 Å². The van der Waals surface area contributed by atoms with Crippen molar-refractivity contribution in [2.75, 3.05) is 0 Å².